The fraction of sp³-hybridized carbons (Fsp3) is 0.375. The molecule has 0 unspecified atom stereocenters. The lowest BCUT2D eigenvalue weighted by Crippen LogP contribution is -1.97. The summed E-state index contributed by atoms with van der Waals surface area (Å²) in [6.07, 6.45) is 1.90. The van der Waals surface area contributed by atoms with Crippen LogP contribution >= 0.6 is 23.1 Å². The average Bonchev–Trinajstić information content (AvgIpc) is 2.74. The van der Waals surface area contributed by atoms with Crippen LogP contribution < -0.4 is 5.73 Å². The molecule has 2 heterocycles. The van der Waals surface area contributed by atoms with Gasteiger partial charge in [-0.2, -0.15) is 0 Å². The fourth-order valence-corrected chi connectivity index (χ4v) is 2.79. The van der Waals surface area contributed by atoms with Crippen LogP contribution in [0.1, 0.15) is 9.88 Å². The number of aryl methyl sites for hydroxylation is 1. The van der Waals surface area contributed by atoms with Crippen LogP contribution in [0.4, 0.5) is 5.95 Å². The van der Waals surface area contributed by atoms with Crippen molar-refractivity contribution in [3.63, 3.8) is 0 Å². The van der Waals surface area contributed by atoms with Crippen molar-refractivity contribution < 1.29 is 0 Å². The van der Waals surface area contributed by atoms with E-state index in [0.717, 1.165) is 15.9 Å². The van der Waals surface area contributed by atoms with Gasteiger partial charge in [0, 0.05) is 23.9 Å². The van der Waals surface area contributed by atoms with Gasteiger partial charge in [0.2, 0.25) is 5.95 Å². The Bertz CT molecular complexity index is 461. The van der Waals surface area contributed by atoms with E-state index in [1.54, 1.807) is 27.7 Å². The lowest BCUT2D eigenvalue weighted by atomic mass is 10.6. The van der Waals surface area contributed by atoms with Gasteiger partial charge in [-0.05, 0) is 6.92 Å². The largest absolute Gasteiger partial charge is 0.368 e. The Morgan fingerprint density at radius 1 is 1.53 bits per heavy atom. The first kappa shape index (κ1) is 10.4. The zero-order chi connectivity index (χ0) is 10.8. The molecule has 2 N–H and O–H groups in total. The molecular formula is C8H11N5S2. The third kappa shape index (κ3) is 2.29. The Hall–Kier alpha value is -1.08. The van der Waals surface area contributed by atoms with Crippen molar-refractivity contribution in [1.29, 1.82) is 0 Å². The van der Waals surface area contributed by atoms with Gasteiger partial charge < -0.3 is 5.73 Å². The van der Waals surface area contributed by atoms with E-state index in [4.69, 9.17) is 5.73 Å². The molecule has 0 radical (unpaired) electrons. The summed E-state index contributed by atoms with van der Waals surface area (Å²) < 4.78 is 1.78. The molecule has 80 valence electrons. The second-order valence-electron chi connectivity index (χ2n) is 3.03. The van der Waals surface area contributed by atoms with Gasteiger partial charge in [-0.25, -0.2) is 4.98 Å². The van der Waals surface area contributed by atoms with Gasteiger partial charge in [-0.1, -0.05) is 11.8 Å². The predicted octanol–water partition coefficient (Wildman–Crippen LogP) is 1.45. The minimum absolute atomic E-state index is 0.443. The van der Waals surface area contributed by atoms with Gasteiger partial charge in [0.15, 0.2) is 5.16 Å². The molecule has 0 amide bonds. The molecule has 0 saturated heterocycles. The average molecular weight is 241 g/mol. The maximum absolute atomic E-state index is 5.58. The van der Waals surface area contributed by atoms with Gasteiger partial charge >= 0.3 is 0 Å². The molecule has 5 nitrogen and oxygen atoms in total. The first-order valence-corrected chi connectivity index (χ1v) is 6.16. The Balaban J connectivity index is 2.02. The second-order valence-corrected chi connectivity index (χ2v) is 5.30. The van der Waals surface area contributed by atoms with Crippen LogP contribution in [0.25, 0.3) is 0 Å². The minimum Gasteiger partial charge on any atom is -0.368 e. The maximum atomic E-state index is 5.58. The van der Waals surface area contributed by atoms with E-state index < -0.39 is 0 Å². The summed E-state index contributed by atoms with van der Waals surface area (Å²) >= 11 is 3.31. The van der Waals surface area contributed by atoms with Crippen LogP contribution in [-0.4, -0.2) is 19.7 Å². The Kier molecular flexibility index (Phi) is 2.92. The highest BCUT2D eigenvalue weighted by Crippen LogP contribution is 2.24. The molecule has 0 aliphatic heterocycles. The van der Waals surface area contributed by atoms with E-state index in [1.165, 1.54) is 4.88 Å². The van der Waals surface area contributed by atoms with E-state index in [9.17, 15) is 0 Å². The van der Waals surface area contributed by atoms with Crippen molar-refractivity contribution in [2.75, 3.05) is 5.73 Å². The summed E-state index contributed by atoms with van der Waals surface area (Å²) in [5, 5.41) is 9.68. The predicted molar refractivity (Wildman–Crippen MR) is 61.8 cm³/mol. The van der Waals surface area contributed by atoms with Crippen molar-refractivity contribution in [2.24, 2.45) is 7.05 Å². The van der Waals surface area contributed by atoms with E-state index in [2.05, 4.69) is 15.2 Å². The zero-order valence-electron chi connectivity index (χ0n) is 8.47. The Labute approximate surface area is 95.7 Å². The zero-order valence-corrected chi connectivity index (χ0v) is 10.1. The summed E-state index contributed by atoms with van der Waals surface area (Å²) in [5.74, 6) is 1.30. The molecular weight excluding hydrogens is 230 g/mol. The van der Waals surface area contributed by atoms with Crippen molar-refractivity contribution in [3.8, 4) is 0 Å². The molecule has 2 aromatic heterocycles. The number of nitrogens with two attached hydrogens (primary N) is 1. The quantitative estimate of drug-likeness (QED) is 0.824. The number of rotatable bonds is 3. The lowest BCUT2D eigenvalue weighted by Gasteiger charge is -1.98. The number of anilines is 1. The van der Waals surface area contributed by atoms with E-state index in [1.807, 2.05) is 20.2 Å². The van der Waals surface area contributed by atoms with Crippen LogP contribution in [0.2, 0.25) is 0 Å². The van der Waals surface area contributed by atoms with Crippen LogP contribution in [0, 0.1) is 6.92 Å². The van der Waals surface area contributed by atoms with Crippen LogP contribution in [-0.2, 0) is 12.8 Å². The van der Waals surface area contributed by atoms with E-state index in [0.29, 0.717) is 5.95 Å². The molecule has 0 fully saturated rings. The molecule has 2 aromatic rings. The Morgan fingerprint density at radius 3 is 2.87 bits per heavy atom. The number of nitrogen functional groups attached to an aromatic ring is 1. The number of thioether (sulfide) groups is 1. The number of hydrogen-bond acceptors (Lipinski definition) is 6. The topological polar surface area (TPSA) is 69.6 Å². The third-order valence-corrected chi connectivity index (χ3v) is 4.05. The fourth-order valence-electron chi connectivity index (χ4n) is 1.06. The van der Waals surface area contributed by atoms with Crippen molar-refractivity contribution >= 4 is 29.0 Å². The first-order chi connectivity index (χ1) is 7.16. The van der Waals surface area contributed by atoms with Crippen LogP contribution in [0.3, 0.4) is 0 Å². The minimum atomic E-state index is 0.443. The highest BCUT2D eigenvalue weighted by atomic mass is 32.2. The van der Waals surface area contributed by atoms with Crippen LogP contribution in [0.15, 0.2) is 11.4 Å². The summed E-state index contributed by atoms with van der Waals surface area (Å²) in [4.78, 5) is 5.43. The SMILES string of the molecule is Cc1ncc(CSc2nnc(N)n2C)s1. The molecule has 0 aliphatic rings. The molecule has 0 aromatic carbocycles. The summed E-state index contributed by atoms with van der Waals surface area (Å²) in [6.45, 7) is 2.00. The van der Waals surface area contributed by atoms with Crippen molar-refractivity contribution in [3.05, 3.63) is 16.1 Å². The molecule has 2 rings (SSSR count). The molecule has 7 heteroatoms. The maximum Gasteiger partial charge on any atom is 0.222 e. The van der Waals surface area contributed by atoms with Gasteiger partial charge in [0.25, 0.3) is 0 Å². The van der Waals surface area contributed by atoms with E-state index >= 15 is 0 Å². The Morgan fingerprint density at radius 2 is 2.33 bits per heavy atom. The summed E-state index contributed by atoms with van der Waals surface area (Å²) in [5.41, 5.74) is 5.58. The first-order valence-electron chi connectivity index (χ1n) is 4.36. The van der Waals surface area contributed by atoms with Gasteiger partial charge in [-0.15, -0.1) is 21.5 Å². The standard InChI is InChI=1S/C8H11N5S2/c1-5-10-3-6(15-5)4-14-8-12-11-7(9)13(8)2/h3H,4H2,1-2H3,(H2,9,11). The smallest absolute Gasteiger partial charge is 0.222 e. The van der Waals surface area contributed by atoms with Gasteiger partial charge in [0.1, 0.15) is 0 Å². The number of thiazole rings is 1. The molecule has 15 heavy (non-hydrogen) atoms. The highest BCUT2D eigenvalue weighted by molar-refractivity contribution is 7.98. The summed E-state index contributed by atoms with van der Waals surface area (Å²) in [6, 6.07) is 0. The highest BCUT2D eigenvalue weighted by Gasteiger charge is 2.07. The number of nitrogens with zero attached hydrogens (tertiary/aromatic N) is 4. The number of hydrogen-bond donors (Lipinski definition) is 1. The van der Waals surface area contributed by atoms with Crippen molar-refractivity contribution in [1.82, 2.24) is 19.7 Å². The summed E-state index contributed by atoms with van der Waals surface area (Å²) in [7, 11) is 1.86. The van der Waals surface area contributed by atoms with Gasteiger partial charge in [-0.3, -0.25) is 4.57 Å². The molecule has 0 bridgehead atoms. The molecule has 0 atom stereocenters. The normalized spacial score (nSPS) is 10.8. The monoisotopic (exact) mass is 241 g/mol. The molecule has 0 aliphatic carbocycles. The van der Waals surface area contributed by atoms with Crippen LogP contribution in [0.5, 0.6) is 0 Å². The third-order valence-electron chi connectivity index (χ3n) is 1.88. The van der Waals surface area contributed by atoms with Gasteiger partial charge in [0.05, 0.1) is 5.01 Å². The van der Waals surface area contributed by atoms with Crippen molar-refractivity contribution in [2.45, 2.75) is 17.8 Å². The lowest BCUT2D eigenvalue weighted by molar-refractivity contribution is 0.796. The second kappa shape index (κ2) is 4.19. The number of aromatic nitrogens is 4. The molecule has 0 spiro atoms. The van der Waals surface area contributed by atoms with E-state index in [-0.39, 0.29) is 0 Å². The molecule has 0 saturated carbocycles.